The van der Waals surface area contributed by atoms with Crippen LogP contribution in [0.2, 0.25) is 0 Å². The van der Waals surface area contributed by atoms with Crippen LogP contribution in [0.25, 0.3) is 32.9 Å². The molecule has 6 heteroatoms. The summed E-state index contributed by atoms with van der Waals surface area (Å²) in [7, 11) is 0. The molecule has 0 fully saturated rings. The Morgan fingerprint density at radius 2 is 1.66 bits per heavy atom. The molecule has 32 heavy (non-hydrogen) atoms. The van der Waals surface area contributed by atoms with Gasteiger partial charge < -0.3 is 5.11 Å². The minimum atomic E-state index is 0.209. The summed E-state index contributed by atoms with van der Waals surface area (Å²) >= 11 is 3.54. The van der Waals surface area contributed by atoms with Crippen molar-refractivity contribution in [2.45, 2.75) is 6.92 Å². The molecule has 0 atom stereocenters. The molecule has 5 aromatic rings. The molecule has 0 spiro atoms. The van der Waals surface area contributed by atoms with Crippen molar-refractivity contribution in [2.75, 3.05) is 5.43 Å². The van der Waals surface area contributed by atoms with E-state index < -0.39 is 0 Å². The van der Waals surface area contributed by atoms with E-state index in [9.17, 15) is 5.11 Å². The van der Waals surface area contributed by atoms with Crippen LogP contribution in [0.15, 0.2) is 94.5 Å². The number of hydrogen-bond acceptors (Lipinski definition) is 5. The molecule has 1 aromatic heterocycles. The molecule has 0 aliphatic carbocycles. The number of aromatic nitrogens is 2. The highest BCUT2D eigenvalue weighted by atomic mass is 79.9. The number of rotatable bonds is 4. The van der Waals surface area contributed by atoms with E-state index >= 15 is 0 Å². The van der Waals surface area contributed by atoms with E-state index in [2.05, 4.69) is 31.4 Å². The number of nitrogens with one attached hydrogen (secondary N) is 1. The molecule has 5 nitrogen and oxygen atoms in total. The average Bonchev–Trinajstić information content (AvgIpc) is 2.83. The second kappa shape index (κ2) is 8.40. The number of anilines is 1. The quantitative estimate of drug-likeness (QED) is 0.219. The highest BCUT2D eigenvalue weighted by Crippen LogP contribution is 2.31. The monoisotopic (exact) mass is 482 g/mol. The molecule has 0 amide bonds. The summed E-state index contributed by atoms with van der Waals surface area (Å²) in [6.45, 7) is 1.84. The molecule has 0 radical (unpaired) electrons. The van der Waals surface area contributed by atoms with Gasteiger partial charge in [0.05, 0.1) is 16.9 Å². The largest absolute Gasteiger partial charge is 0.507 e. The summed E-state index contributed by atoms with van der Waals surface area (Å²) < 4.78 is 0.965. The van der Waals surface area contributed by atoms with Crippen LogP contribution in [0, 0.1) is 0 Å². The topological polar surface area (TPSA) is 70.4 Å². The van der Waals surface area contributed by atoms with Crippen LogP contribution in [-0.4, -0.2) is 20.8 Å². The van der Waals surface area contributed by atoms with Crippen molar-refractivity contribution in [3.8, 4) is 17.0 Å². The number of phenolic OH excluding ortho intramolecular Hbond substituents is 1. The number of nitrogens with zero attached hydrogens (tertiary/aromatic N) is 3. The fourth-order valence-electron chi connectivity index (χ4n) is 3.71. The minimum absolute atomic E-state index is 0.209. The molecular weight excluding hydrogens is 464 g/mol. The molecule has 0 aliphatic rings. The van der Waals surface area contributed by atoms with Gasteiger partial charge in [-0.15, -0.1) is 0 Å². The van der Waals surface area contributed by atoms with Crippen molar-refractivity contribution >= 4 is 49.3 Å². The van der Waals surface area contributed by atoms with Crippen LogP contribution in [0.4, 0.5) is 5.95 Å². The first-order chi connectivity index (χ1) is 15.6. The molecule has 1 heterocycles. The summed E-state index contributed by atoms with van der Waals surface area (Å²) in [4.78, 5) is 9.37. The maximum Gasteiger partial charge on any atom is 0.244 e. The standard InChI is InChI=1S/C26H19BrN4O/c1-16(20-13-11-17-7-5-6-10-21(17)25(20)32)30-31-26-28-23-14-12-19(27)15-22(23)24(29-26)18-8-3-2-4-9-18/h2-15,32H,1H3,(H,28,29,31). The number of hydrogen-bond donors (Lipinski definition) is 2. The normalized spacial score (nSPS) is 11.8. The number of aromatic hydroxyl groups is 1. The Labute approximate surface area is 193 Å². The first kappa shape index (κ1) is 20.2. The van der Waals surface area contributed by atoms with Gasteiger partial charge in [-0.25, -0.2) is 15.4 Å². The summed E-state index contributed by atoms with van der Waals surface area (Å²) in [5.74, 6) is 0.596. The van der Waals surface area contributed by atoms with Gasteiger partial charge in [-0.05, 0) is 36.6 Å². The summed E-state index contributed by atoms with van der Waals surface area (Å²) in [6, 6.07) is 27.5. The van der Waals surface area contributed by atoms with Gasteiger partial charge in [0.2, 0.25) is 5.95 Å². The Balaban J connectivity index is 1.55. The van der Waals surface area contributed by atoms with Crippen molar-refractivity contribution in [3.05, 3.63) is 95.0 Å². The van der Waals surface area contributed by atoms with Gasteiger partial charge in [0.25, 0.3) is 0 Å². The van der Waals surface area contributed by atoms with Crippen molar-refractivity contribution in [1.29, 1.82) is 0 Å². The molecule has 0 bridgehead atoms. The first-order valence-electron chi connectivity index (χ1n) is 10.1. The van der Waals surface area contributed by atoms with Gasteiger partial charge in [0.15, 0.2) is 0 Å². The molecule has 0 saturated carbocycles. The molecule has 0 aliphatic heterocycles. The maximum absolute atomic E-state index is 10.7. The number of hydrazone groups is 1. The second-order valence-corrected chi connectivity index (χ2v) is 8.33. The van der Waals surface area contributed by atoms with E-state index in [0.29, 0.717) is 17.2 Å². The molecule has 0 saturated heterocycles. The minimum Gasteiger partial charge on any atom is -0.507 e. The second-order valence-electron chi connectivity index (χ2n) is 7.42. The Bertz CT molecular complexity index is 1480. The Kier molecular flexibility index (Phi) is 5.29. The van der Waals surface area contributed by atoms with Gasteiger partial charge >= 0.3 is 0 Å². The van der Waals surface area contributed by atoms with E-state index in [1.165, 1.54) is 0 Å². The fourth-order valence-corrected chi connectivity index (χ4v) is 4.07. The van der Waals surface area contributed by atoms with Crippen molar-refractivity contribution < 1.29 is 5.11 Å². The third kappa shape index (κ3) is 3.81. The van der Waals surface area contributed by atoms with Crippen LogP contribution in [-0.2, 0) is 0 Å². The van der Waals surface area contributed by atoms with Crippen LogP contribution in [0.1, 0.15) is 12.5 Å². The van der Waals surface area contributed by atoms with E-state index in [4.69, 9.17) is 4.98 Å². The zero-order chi connectivity index (χ0) is 22.1. The van der Waals surface area contributed by atoms with Crippen molar-refractivity contribution in [3.63, 3.8) is 0 Å². The Morgan fingerprint density at radius 3 is 2.50 bits per heavy atom. The lowest BCUT2D eigenvalue weighted by Crippen LogP contribution is -2.04. The Morgan fingerprint density at radius 1 is 0.875 bits per heavy atom. The summed E-state index contributed by atoms with van der Waals surface area (Å²) in [6.07, 6.45) is 0. The molecular formula is C26H19BrN4O. The lowest BCUT2D eigenvalue weighted by Gasteiger charge is -2.10. The number of fused-ring (bicyclic) bond motifs is 2. The molecule has 2 N–H and O–H groups in total. The predicted octanol–water partition coefficient (Wildman–Crippen LogP) is 6.75. The van der Waals surface area contributed by atoms with Crippen LogP contribution >= 0.6 is 15.9 Å². The third-order valence-electron chi connectivity index (χ3n) is 5.32. The van der Waals surface area contributed by atoms with E-state index in [1.54, 1.807) is 0 Å². The first-order valence-corrected chi connectivity index (χ1v) is 10.9. The zero-order valence-electron chi connectivity index (χ0n) is 17.2. The third-order valence-corrected chi connectivity index (χ3v) is 5.81. The molecule has 0 unspecified atom stereocenters. The lowest BCUT2D eigenvalue weighted by atomic mass is 10.0. The number of phenols is 1. The highest BCUT2D eigenvalue weighted by Gasteiger charge is 2.12. The van der Waals surface area contributed by atoms with Gasteiger partial charge in [-0.1, -0.05) is 76.6 Å². The van der Waals surface area contributed by atoms with Crippen LogP contribution < -0.4 is 5.43 Å². The summed E-state index contributed by atoms with van der Waals surface area (Å²) in [5.41, 5.74) is 6.89. The average molecular weight is 483 g/mol. The van der Waals surface area contributed by atoms with Crippen LogP contribution in [0.3, 0.4) is 0 Å². The smallest absolute Gasteiger partial charge is 0.244 e. The van der Waals surface area contributed by atoms with E-state index in [0.717, 1.165) is 37.4 Å². The predicted molar refractivity (Wildman–Crippen MR) is 134 cm³/mol. The van der Waals surface area contributed by atoms with Crippen molar-refractivity contribution in [1.82, 2.24) is 9.97 Å². The molecule has 4 aromatic carbocycles. The van der Waals surface area contributed by atoms with Crippen molar-refractivity contribution in [2.24, 2.45) is 5.10 Å². The van der Waals surface area contributed by atoms with Gasteiger partial charge in [-0.2, -0.15) is 5.10 Å². The molecule has 156 valence electrons. The highest BCUT2D eigenvalue weighted by molar-refractivity contribution is 9.10. The number of halogens is 1. The van der Waals surface area contributed by atoms with E-state index in [-0.39, 0.29) is 5.75 Å². The maximum atomic E-state index is 10.7. The zero-order valence-corrected chi connectivity index (χ0v) is 18.8. The van der Waals surface area contributed by atoms with Gasteiger partial charge in [0, 0.05) is 26.4 Å². The Hall–Kier alpha value is -3.77. The van der Waals surface area contributed by atoms with Crippen LogP contribution in [0.5, 0.6) is 5.75 Å². The van der Waals surface area contributed by atoms with Gasteiger partial charge in [0.1, 0.15) is 5.75 Å². The molecule has 5 rings (SSSR count). The van der Waals surface area contributed by atoms with E-state index in [1.807, 2.05) is 91.9 Å². The summed E-state index contributed by atoms with van der Waals surface area (Å²) in [5, 5.41) is 17.9. The lowest BCUT2D eigenvalue weighted by molar-refractivity contribution is 0.480. The van der Waals surface area contributed by atoms with Gasteiger partial charge in [-0.3, -0.25) is 0 Å². The SMILES string of the molecule is CC(=NNc1nc(-c2ccccc2)c2cc(Br)ccc2n1)c1ccc2ccccc2c1O. The fraction of sp³-hybridized carbons (Fsp3) is 0.0385. The number of benzene rings is 4.